The van der Waals surface area contributed by atoms with Crippen LogP contribution >= 0.6 is 11.6 Å². The van der Waals surface area contributed by atoms with Crippen molar-refractivity contribution in [2.75, 3.05) is 11.9 Å². The number of aromatic amines is 1. The van der Waals surface area contributed by atoms with Gasteiger partial charge < -0.3 is 10.4 Å². The van der Waals surface area contributed by atoms with Crippen LogP contribution in [0.15, 0.2) is 41.3 Å². The molecule has 6 heteroatoms. The van der Waals surface area contributed by atoms with Crippen LogP contribution in [0, 0.1) is 0 Å². The molecule has 0 saturated heterocycles. The maximum atomic E-state index is 11.2. The van der Waals surface area contributed by atoms with Gasteiger partial charge in [-0.1, -0.05) is 41.9 Å². The molecule has 2 aromatic rings. The Kier molecular flexibility index (Phi) is 4.54. The molecule has 1 aromatic carbocycles. The number of anilines is 1. The van der Waals surface area contributed by atoms with E-state index in [1.54, 1.807) is 0 Å². The zero-order chi connectivity index (χ0) is 13.7. The molecule has 0 aliphatic rings. The molecule has 0 bridgehead atoms. The molecule has 19 heavy (non-hydrogen) atoms. The lowest BCUT2D eigenvalue weighted by atomic mass is 10.1. The summed E-state index contributed by atoms with van der Waals surface area (Å²) in [5.74, 6) is 0. The van der Waals surface area contributed by atoms with Crippen LogP contribution in [-0.4, -0.2) is 28.0 Å². The van der Waals surface area contributed by atoms with Crippen LogP contribution in [-0.2, 0) is 6.42 Å². The molecule has 1 unspecified atom stereocenters. The number of benzene rings is 1. The summed E-state index contributed by atoms with van der Waals surface area (Å²) < 4.78 is 0. The van der Waals surface area contributed by atoms with Crippen molar-refractivity contribution < 1.29 is 5.11 Å². The lowest BCUT2D eigenvalue weighted by molar-refractivity contribution is 0.188. The van der Waals surface area contributed by atoms with E-state index in [4.69, 9.17) is 11.6 Å². The lowest BCUT2D eigenvalue weighted by Crippen LogP contribution is -2.23. The maximum Gasteiger partial charge on any atom is 0.285 e. The summed E-state index contributed by atoms with van der Waals surface area (Å²) in [6, 6.07) is 9.67. The minimum atomic E-state index is -0.572. The highest BCUT2D eigenvalue weighted by atomic mass is 35.5. The average Bonchev–Trinajstić information content (AvgIpc) is 2.42. The van der Waals surface area contributed by atoms with Gasteiger partial charge in [-0.3, -0.25) is 4.79 Å². The number of nitrogens with one attached hydrogen (secondary N) is 2. The molecular weight excluding hydrogens is 266 g/mol. The lowest BCUT2D eigenvalue weighted by Gasteiger charge is -2.13. The molecule has 1 aromatic heterocycles. The fraction of sp³-hybridized carbons (Fsp3) is 0.231. The first-order chi connectivity index (χ1) is 9.16. The van der Waals surface area contributed by atoms with Gasteiger partial charge in [0, 0.05) is 13.0 Å². The largest absolute Gasteiger partial charge is 0.391 e. The Labute approximate surface area is 115 Å². The van der Waals surface area contributed by atoms with Crippen LogP contribution in [0.5, 0.6) is 0 Å². The zero-order valence-corrected chi connectivity index (χ0v) is 10.9. The maximum absolute atomic E-state index is 11.2. The summed E-state index contributed by atoms with van der Waals surface area (Å²) in [5.41, 5.74) is 1.01. The zero-order valence-electron chi connectivity index (χ0n) is 10.1. The number of rotatable bonds is 5. The monoisotopic (exact) mass is 279 g/mol. The normalized spacial score (nSPS) is 12.1. The van der Waals surface area contributed by atoms with Gasteiger partial charge in [0.15, 0.2) is 0 Å². The first kappa shape index (κ1) is 13.6. The van der Waals surface area contributed by atoms with Crippen molar-refractivity contribution in [1.29, 1.82) is 0 Å². The van der Waals surface area contributed by atoms with E-state index in [0.29, 0.717) is 18.7 Å². The summed E-state index contributed by atoms with van der Waals surface area (Å²) in [6.07, 6.45) is 1.37. The molecule has 0 aliphatic heterocycles. The van der Waals surface area contributed by atoms with Crippen molar-refractivity contribution in [1.82, 2.24) is 10.2 Å². The third kappa shape index (κ3) is 3.81. The molecule has 3 N–H and O–H groups in total. The number of halogens is 1. The van der Waals surface area contributed by atoms with Crippen molar-refractivity contribution in [2.24, 2.45) is 0 Å². The number of hydrogen-bond donors (Lipinski definition) is 3. The van der Waals surface area contributed by atoms with Crippen LogP contribution in [0.1, 0.15) is 5.56 Å². The van der Waals surface area contributed by atoms with E-state index in [9.17, 15) is 9.90 Å². The molecule has 1 heterocycles. The number of nitrogens with zero attached hydrogens (tertiary/aromatic N) is 1. The van der Waals surface area contributed by atoms with Crippen molar-refractivity contribution >= 4 is 17.3 Å². The fourth-order valence-electron chi connectivity index (χ4n) is 1.69. The summed E-state index contributed by atoms with van der Waals surface area (Å²) in [7, 11) is 0. The van der Waals surface area contributed by atoms with Gasteiger partial charge in [-0.05, 0) is 5.56 Å². The third-order valence-electron chi connectivity index (χ3n) is 2.64. The molecule has 0 fully saturated rings. The Balaban J connectivity index is 1.92. The number of hydrogen-bond acceptors (Lipinski definition) is 4. The molecule has 0 radical (unpaired) electrons. The van der Waals surface area contributed by atoms with E-state index in [1.807, 2.05) is 30.3 Å². The number of aliphatic hydroxyl groups is 1. The van der Waals surface area contributed by atoms with Crippen LogP contribution in [0.3, 0.4) is 0 Å². The molecule has 0 aliphatic carbocycles. The van der Waals surface area contributed by atoms with E-state index in [1.165, 1.54) is 6.20 Å². The minimum absolute atomic E-state index is 0.0434. The van der Waals surface area contributed by atoms with Crippen LogP contribution in [0.2, 0.25) is 5.02 Å². The third-order valence-corrected chi connectivity index (χ3v) is 3.01. The predicted octanol–water partition coefficient (Wildman–Crippen LogP) is 1.44. The number of H-pyrrole nitrogens is 1. The molecule has 0 saturated carbocycles. The second-order valence-electron chi connectivity index (χ2n) is 4.15. The molecule has 2 rings (SSSR count). The van der Waals surface area contributed by atoms with Gasteiger partial charge >= 0.3 is 0 Å². The van der Waals surface area contributed by atoms with Crippen molar-refractivity contribution in [3.8, 4) is 0 Å². The summed E-state index contributed by atoms with van der Waals surface area (Å²) in [6.45, 7) is 0.291. The Morgan fingerprint density at radius 3 is 2.84 bits per heavy atom. The minimum Gasteiger partial charge on any atom is -0.391 e. The topological polar surface area (TPSA) is 78.0 Å². The Morgan fingerprint density at radius 1 is 1.37 bits per heavy atom. The SMILES string of the molecule is O=c1[nH]ncc(NCC(O)Cc2ccccc2)c1Cl. The second kappa shape index (κ2) is 6.36. The molecule has 0 amide bonds. The molecular formula is C13H14ClN3O2. The van der Waals surface area contributed by atoms with Crippen molar-refractivity contribution in [3.63, 3.8) is 0 Å². The van der Waals surface area contributed by atoms with E-state index in [2.05, 4.69) is 15.5 Å². The Bertz CT molecular complexity index is 586. The smallest absolute Gasteiger partial charge is 0.285 e. The summed E-state index contributed by atoms with van der Waals surface area (Å²) in [4.78, 5) is 11.2. The van der Waals surface area contributed by atoms with Gasteiger partial charge in [0.2, 0.25) is 0 Å². The summed E-state index contributed by atoms with van der Waals surface area (Å²) in [5, 5.41) is 18.7. The van der Waals surface area contributed by atoms with Gasteiger partial charge in [-0.2, -0.15) is 5.10 Å². The fourth-order valence-corrected chi connectivity index (χ4v) is 1.85. The standard InChI is InChI=1S/C13H14ClN3O2/c14-12-11(8-16-17-13(12)19)15-7-10(18)6-9-4-2-1-3-5-9/h1-5,8,10,18H,6-7H2,(H2,15,17,19). The number of aliphatic hydroxyl groups excluding tert-OH is 1. The van der Waals surface area contributed by atoms with Gasteiger partial charge in [-0.15, -0.1) is 0 Å². The first-order valence-electron chi connectivity index (χ1n) is 5.86. The van der Waals surface area contributed by atoms with Crippen LogP contribution < -0.4 is 10.9 Å². The molecule has 100 valence electrons. The average molecular weight is 280 g/mol. The van der Waals surface area contributed by atoms with E-state index >= 15 is 0 Å². The Morgan fingerprint density at radius 2 is 2.11 bits per heavy atom. The quantitative estimate of drug-likeness (QED) is 0.774. The molecule has 5 nitrogen and oxygen atoms in total. The van der Waals surface area contributed by atoms with E-state index in [0.717, 1.165) is 5.56 Å². The van der Waals surface area contributed by atoms with Gasteiger partial charge in [0.25, 0.3) is 5.56 Å². The van der Waals surface area contributed by atoms with Gasteiger partial charge in [0.05, 0.1) is 18.0 Å². The van der Waals surface area contributed by atoms with Gasteiger partial charge in [0.1, 0.15) is 5.02 Å². The molecule has 1 atom stereocenters. The van der Waals surface area contributed by atoms with Crippen molar-refractivity contribution in [2.45, 2.75) is 12.5 Å². The van der Waals surface area contributed by atoms with Crippen molar-refractivity contribution in [3.05, 3.63) is 57.5 Å². The number of aromatic nitrogens is 2. The molecule has 0 spiro atoms. The van der Waals surface area contributed by atoms with Crippen LogP contribution in [0.4, 0.5) is 5.69 Å². The van der Waals surface area contributed by atoms with E-state index < -0.39 is 11.7 Å². The first-order valence-corrected chi connectivity index (χ1v) is 6.23. The van der Waals surface area contributed by atoms with E-state index in [-0.39, 0.29) is 5.02 Å². The highest BCUT2D eigenvalue weighted by Crippen LogP contribution is 2.14. The van der Waals surface area contributed by atoms with Crippen LogP contribution in [0.25, 0.3) is 0 Å². The highest BCUT2D eigenvalue weighted by molar-refractivity contribution is 6.32. The predicted molar refractivity (Wildman–Crippen MR) is 74.5 cm³/mol. The second-order valence-corrected chi connectivity index (χ2v) is 4.53. The van der Waals surface area contributed by atoms with Gasteiger partial charge in [-0.25, -0.2) is 5.10 Å². The Hall–Kier alpha value is -1.85. The highest BCUT2D eigenvalue weighted by Gasteiger charge is 2.08. The summed E-state index contributed by atoms with van der Waals surface area (Å²) >= 11 is 5.81.